The Labute approximate surface area is 198 Å². The first-order valence-corrected chi connectivity index (χ1v) is 12.4. The number of aromatic nitrogens is 3. The maximum atomic E-state index is 13.3. The van der Waals surface area contributed by atoms with Crippen LogP contribution in [-0.2, 0) is 17.8 Å². The summed E-state index contributed by atoms with van der Waals surface area (Å²) in [6.45, 7) is 5.54. The number of aromatic amines is 1. The highest BCUT2D eigenvalue weighted by atomic mass is 16.5. The standard InChI is InChI=1S/C27H31N5O2/c33-27-24-16-29-17-26(31-8-10-34-11-9-31)23(24)6-7-32(27)18-20-4-5-21-13-22(30-25(21)12-20)15-28-14-19-2-1-3-19/h4-7,12-13,16-17,19,28,30H,1-3,8-11,14-15,18H2. The van der Waals surface area contributed by atoms with Gasteiger partial charge in [-0.15, -0.1) is 0 Å². The summed E-state index contributed by atoms with van der Waals surface area (Å²) in [4.78, 5) is 23.5. The van der Waals surface area contributed by atoms with Gasteiger partial charge in [0.25, 0.3) is 5.56 Å². The first kappa shape index (κ1) is 21.4. The molecule has 2 N–H and O–H groups in total. The van der Waals surface area contributed by atoms with Gasteiger partial charge in [0.1, 0.15) is 0 Å². The van der Waals surface area contributed by atoms with E-state index in [2.05, 4.69) is 44.5 Å². The summed E-state index contributed by atoms with van der Waals surface area (Å²) in [7, 11) is 0. The zero-order valence-electron chi connectivity index (χ0n) is 19.4. The monoisotopic (exact) mass is 457 g/mol. The van der Waals surface area contributed by atoms with Crippen LogP contribution in [0.5, 0.6) is 0 Å². The molecular formula is C27H31N5O2. The zero-order valence-corrected chi connectivity index (χ0v) is 19.4. The van der Waals surface area contributed by atoms with Gasteiger partial charge in [-0.2, -0.15) is 0 Å². The van der Waals surface area contributed by atoms with Gasteiger partial charge < -0.3 is 24.5 Å². The summed E-state index contributed by atoms with van der Waals surface area (Å²) in [5, 5.41) is 6.40. The minimum atomic E-state index is -0.00687. The second-order valence-corrected chi connectivity index (χ2v) is 9.61. The second kappa shape index (κ2) is 9.24. The Morgan fingerprint density at radius 2 is 1.97 bits per heavy atom. The van der Waals surface area contributed by atoms with Crippen LogP contribution in [0, 0.1) is 5.92 Å². The van der Waals surface area contributed by atoms with Crippen molar-refractivity contribution in [2.45, 2.75) is 32.4 Å². The molecule has 176 valence electrons. The van der Waals surface area contributed by atoms with E-state index in [1.54, 1.807) is 10.8 Å². The number of hydrogen-bond acceptors (Lipinski definition) is 5. The van der Waals surface area contributed by atoms with Crippen LogP contribution in [0.25, 0.3) is 21.7 Å². The third kappa shape index (κ3) is 4.21. The van der Waals surface area contributed by atoms with E-state index >= 15 is 0 Å². The van der Waals surface area contributed by atoms with Crippen LogP contribution in [0.4, 0.5) is 5.69 Å². The number of nitrogens with one attached hydrogen (secondary N) is 2. The SMILES string of the molecule is O=c1c2cncc(N3CCOCC3)c2ccn1Cc1ccc2cc(CNCC3CCC3)[nH]c2c1. The largest absolute Gasteiger partial charge is 0.378 e. The molecule has 0 radical (unpaired) electrons. The molecule has 0 unspecified atom stereocenters. The van der Waals surface area contributed by atoms with Crippen molar-refractivity contribution in [1.82, 2.24) is 19.9 Å². The molecule has 34 heavy (non-hydrogen) atoms. The summed E-state index contributed by atoms with van der Waals surface area (Å²) in [5.74, 6) is 0.858. The highest BCUT2D eigenvalue weighted by molar-refractivity contribution is 5.92. The van der Waals surface area contributed by atoms with Crippen molar-refractivity contribution in [3.05, 3.63) is 70.5 Å². The number of nitrogens with zero attached hydrogens (tertiary/aromatic N) is 3. The molecule has 7 nitrogen and oxygen atoms in total. The van der Waals surface area contributed by atoms with Crippen molar-refractivity contribution in [2.75, 3.05) is 37.7 Å². The highest BCUT2D eigenvalue weighted by Crippen LogP contribution is 2.26. The van der Waals surface area contributed by atoms with Gasteiger partial charge in [-0.05, 0) is 54.5 Å². The lowest BCUT2D eigenvalue weighted by molar-refractivity contribution is 0.123. The Bertz CT molecular complexity index is 1360. The average Bonchev–Trinajstić information content (AvgIpc) is 3.25. The van der Waals surface area contributed by atoms with Crippen molar-refractivity contribution < 1.29 is 4.74 Å². The Hall–Kier alpha value is -3.16. The number of rotatable bonds is 7. The predicted molar refractivity (Wildman–Crippen MR) is 135 cm³/mol. The van der Waals surface area contributed by atoms with Gasteiger partial charge in [0.05, 0.1) is 37.0 Å². The van der Waals surface area contributed by atoms with Crippen LogP contribution in [0.15, 0.2) is 53.7 Å². The van der Waals surface area contributed by atoms with Crippen molar-refractivity contribution in [1.29, 1.82) is 0 Å². The summed E-state index contributed by atoms with van der Waals surface area (Å²) in [6, 6.07) is 10.7. The van der Waals surface area contributed by atoms with Gasteiger partial charge in [-0.3, -0.25) is 9.78 Å². The van der Waals surface area contributed by atoms with Crippen LogP contribution in [-0.4, -0.2) is 47.4 Å². The number of benzene rings is 1. The molecule has 0 bridgehead atoms. The van der Waals surface area contributed by atoms with Gasteiger partial charge in [0.2, 0.25) is 0 Å². The lowest BCUT2D eigenvalue weighted by Gasteiger charge is -2.29. The summed E-state index contributed by atoms with van der Waals surface area (Å²) < 4.78 is 7.25. The summed E-state index contributed by atoms with van der Waals surface area (Å²) >= 11 is 0. The maximum absolute atomic E-state index is 13.3. The smallest absolute Gasteiger partial charge is 0.260 e. The van der Waals surface area contributed by atoms with E-state index in [0.29, 0.717) is 25.1 Å². The summed E-state index contributed by atoms with van der Waals surface area (Å²) in [6.07, 6.45) is 9.56. The normalized spacial score (nSPS) is 16.9. The average molecular weight is 458 g/mol. The van der Waals surface area contributed by atoms with Crippen LogP contribution < -0.4 is 15.8 Å². The quantitative estimate of drug-likeness (QED) is 0.443. The number of hydrogen-bond donors (Lipinski definition) is 2. The molecule has 4 aromatic rings. The fraction of sp³-hybridized carbons (Fsp3) is 0.407. The molecule has 0 amide bonds. The molecule has 1 aromatic carbocycles. The van der Waals surface area contributed by atoms with E-state index in [0.717, 1.165) is 54.3 Å². The molecule has 1 saturated heterocycles. The molecule has 1 aliphatic carbocycles. The number of ether oxygens (including phenoxy) is 1. The highest BCUT2D eigenvalue weighted by Gasteiger charge is 2.17. The zero-order chi connectivity index (χ0) is 22.9. The third-order valence-corrected chi connectivity index (χ3v) is 7.30. The number of fused-ring (bicyclic) bond motifs is 2. The minimum Gasteiger partial charge on any atom is -0.378 e. The van der Waals surface area contributed by atoms with Crippen molar-refractivity contribution in [3.63, 3.8) is 0 Å². The fourth-order valence-corrected chi connectivity index (χ4v) is 5.11. The number of H-pyrrole nitrogens is 1. The predicted octanol–water partition coefficient (Wildman–Crippen LogP) is 3.65. The number of morpholine rings is 1. The molecule has 4 heterocycles. The van der Waals surface area contributed by atoms with Crippen molar-refractivity contribution >= 4 is 27.4 Å². The lowest BCUT2D eigenvalue weighted by atomic mass is 9.85. The fourth-order valence-electron chi connectivity index (χ4n) is 5.11. The van der Waals surface area contributed by atoms with E-state index < -0.39 is 0 Å². The third-order valence-electron chi connectivity index (χ3n) is 7.30. The van der Waals surface area contributed by atoms with E-state index in [1.165, 1.54) is 30.3 Å². The first-order chi connectivity index (χ1) is 16.7. The van der Waals surface area contributed by atoms with Crippen LogP contribution in [0.3, 0.4) is 0 Å². The molecule has 3 aromatic heterocycles. The Morgan fingerprint density at radius 3 is 2.79 bits per heavy atom. The maximum Gasteiger partial charge on any atom is 0.260 e. The topological polar surface area (TPSA) is 75.2 Å². The van der Waals surface area contributed by atoms with E-state index in [1.807, 2.05) is 18.5 Å². The first-order valence-electron chi connectivity index (χ1n) is 12.4. The van der Waals surface area contributed by atoms with Crippen molar-refractivity contribution in [3.8, 4) is 0 Å². The van der Waals surface area contributed by atoms with E-state index in [4.69, 9.17) is 4.74 Å². The number of pyridine rings is 2. The van der Waals surface area contributed by atoms with E-state index in [9.17, 15) is 4.79 Å². The second-order valence-electron chi connectivity index (χ2n) is 9.61. The van der Waals surface area contributed by atoms with Gasteiger partial charge in [-0.25, -0.2) is 0 Å². The minimum absolute atomic E-state index is 0.00687. The molecule has 1 aliphatic heterocycles. The molecular weight excluding hydrogens is 426 g/mol. The summed E-state index contributed by atoms with van der Waals surface area (Å²) in [5.41, 5.74) is 4.42. The molecule has 0 spiro atoms. The van der Waals surface area contributed by atoms with Crippen molar-refractivity contribution in [2.24, 2.45) is 5.92 Å². The van der Waals surface area contributed by atoms with E-state index in [-0.39, 0.29) is 5.56 Å². The Morgan fingerprint density at radius 1 is 1.09 bits per heavy atom. The Kier molecular flexibility index (Phi) is 5.81. The molecule has 7 heteroatoms. The van der Waals surface area contributed by atoms with Gasteiger partial charge in [0.15, 0.2) is 0 Å². The van der Waals surface area contributed by atoms with Crippen LogP contribution >= 0.6 is 0 Å². The number of anilines is 1. The molecule has 0 atom stereocenters. The lowest BCUT2D eigenvalue weighted by Crippen LogP contribution is -2.36. The molecule has 6 rings (SSSR count). The van der Waals surface area contributed by atoms with Gasteiger partial charge in [-0.1, -0.05) is 18.6 Å². The van der Waals surface area contributed by atoms with Gasteiger partial charge in [0, 0.05) is 48.6 Å². The molecule has 1 saturated carbocycles. The molecule has 2 aliphatic rings. The molecule has 2 fully saturated rings. The van der Waals surface area contributed by atoms with Crippen LogP contribution in [0.2, 0.25) is 0 Å². The van der Waals surface area contributed by atoms with Crippen LogP contribution in [0.1, 0.15) is 30.5 Å². The Balaban J connectivity index is 1.22. The van der Waals surface area contributed by atoms with Gasteiger partial charge >= 0.3 is 0 Å².